The lowest BCUT2D eigenvalue weighted by atomic mass is 10.00. The number of carboxylic acids is 1. The second-order valence-electron chi connectivity index (χ2n) is 6.81. The number of aliphatic hydroxyl groups is 1. The summed E-state index contributed by atoms with van der Waals surface area (Å²) in [5.74, 6) is -1.63. The highest BCUT2D eigenvalue weighted by Crippen LogP contribution is 2.19. The van der Waals surface area contributed by atoms with Crippen molar-refractivity contribution in [2.75, 3.05) is 0 Å². The second kappa shape index (κ2) is 9.15. The number of rotatable bonds is 8. The highest BCUT2D eigenvalue weighted by molar-refractivity contribution is 5.86. The average Bonchev–Trinajstić information content (AvgIpc) is 2.61. The monoisotopic (exact) mass is 355 g/mol. The number of aliphatic carboxylic acids is 1. The Morgan fingerprint density at radius 1 is 0.962 bits per heavy atom. The van der Waals surface area contributed by atoms with Crippen LogP contribution in [0.3, 0.4) is 0 Å². The van der Waals surface area contributed by atoms with Crippen molar-refractivity contribution in [3.8, 4) is 11.1 Å². The van der Waals surface area contributed by atoms with Crippen molar-refractivity contribution in [2.24, 2.45) is 5.92 Å². The van der Waals surface area contributed by atoms with Crippen molar-refractivity contribution in [3.05, 3.63) is 60.2 Å². The summed E-state index contributed by atoms with van der Waals surface area (Å²) in [6, 6.07) is 16.4. The number of hydrogen-bond donors (Lipinski definition) is 3. The van der Waals surface area contributed by atoms with E-state index in [1.54, 1.807) is 0 Å². The van der Waals surface area contributed by atoms with E-state index in [-0.39, 0.29) is 12.3 Å². The Bertz CT molecular complexity index is 725. The molecule has 138 valence electrons. The second-order valence-corrected chi connectivity index (χ2v) is 6.81. The standard InChI is InChI=1S/C21H25NO4/c1-14(2)12-19(23)20(24)22-18(21(25)26)13-15-8-10-17(11-9-15)16-6-4-3-5-7-16/h3-11,14,18-19,23H,12-13H2,1-2H3,(H,22,24)(H,25,26)/t18-,19+/m1/s1. The first-order valence-electron chi connectivity index (χ1n) is 8.72. The number of carboxylic acid groups (broad SMARTS) is 1. The van der Waals surface area contributed by atoms with E-state index >= 15 is 0 Å². The van der Waals surface area contributed by atoms with Crippen molar-refractivity contribution >= 4 is 11.9 Å². The van der Waals surface area contributed by atoms with Gasteiger partial charge in [0.1, 0.15) is 12.1 Å². The molecule has 0 unspecified atom stereocenters. The molecule has 2 rings (SSSR count). The Balaban J connectivity index is 2.03. The van der Waals surface area contributed by atoms with E-state index in [0.29, 0.717) is 6.42 Å². The van der Waals surface area contributed by atoms with E-state index in [0.717, 1.165) is 16.7 Å². The molecule has 0 aliphatic heterocycles. The van der Waals surface area contributed by atoms with Crippen LogP contribution in [0, 0.1) is 5.92 Å². The summed E-state index contributed by atoms with van der Waals surface area (Å²) < 4.78 is 0. The van der Waals surface area contributed by atoms with E-state index < -0.39 is 24.0 Å². The molecule has 0 spiro atoms. The lowest BCUT2D eigenvalue weighted by molar-refractivity contribution is -0.143. The van der Waals surface area contributed by atoms with Crippen LogP contribution in [0.25, 0.3) is 11.1 Å². The quantitative estimate of drug-likeness (QED) is 0.679. The molecule has 0 bridgehead atoms. The molecule has 3 N–H and O–H groups in total. The van der Waals surface area contributed by atoms with Crippen LogP contribution in [0.5, 0.6) is 0 Å². The maximum Gasteiger partial charge on any atom is 0.326 e. The van der Waals surface area contributed by atoms with Gasteiger partial charge < -0.3 is 15.5 Å². The van der Waals surface area contributed by atoms with Gasteiger partial charge in [0.15, 0.2) is 0 Å². The summed E-state index contributed by atoms with van der Waals surface area (Å²) in [4.78, 5) is 23.5. The molecule has 0 fully saturated rings. The molecule has 2 aromatic rings. The first-order chi connectivity index (χ1) is 12.4. The first-order valence-corrected chi connectivity index (χ1v) is 8.72. The van der Waals surface area contributed by atoms with E-state index in [1.807, 2.05) is 68.4 Å². The molecule has 5 nitrogen and oxygen atoms in total. The molecule has 5 heteroatoms. The fourth-order valence-electron chi connectivity index (χ4n) is 2.72. The molecule has 2 atom stereocenters. The van der Waals surface area contributed by atoms with Crippen LogP contribution in [0.2, 0.25) is 0 Å². The smallest absolute Gasteiger partial charge is 0.326 e. The number of aliphatic hydroxyl groups excluding tert-OH is 1. The Labute approximate surface area is 153 Å². The molecule has 0 aliphatic carbocycles. The minimum Gasteiger partial charge on any atom is -0.480 e. The van der Waals surface area contributed by atoms with Crippen LogP contribution in [0.1, 0.15) is 25.8 Å². The number of amides is 1. The van der Waals surface area contributed by atoms with Crippen LogP contribution < -0.4 is 5.32 Å². The maximum atomic E-state index is 12.0. The van der Waals surface area contributed by atoms with Gasteiger partial charge in [-0.25, -0.2) is 4.79 Å². The summed E-state index contributed by atoms with van der Waals surface area (Å²) in [5, 5.41) is 21.7. The minimum absolute atomic E-state index is 0.143. The van der Waals surface area contributed by atoms with E-state index in [4.69, 9.17) is 0 Å². The van der Waals surface area contributed by atoms with Crippen LogP contribution in [-0.4, -0.2) is 34.2 Å². The molecule has 0 heterocycles. The Hall–Kier alpha value is -2.66. The van der Waals surface area contributed by atoms with Gasteiger partial charge in [0.25, 0.3) is 0 Å². The van der Waals surface area contributed by atoms with Crippen molar-refractivity contribution in [1.29, 1.82) is 0 Å². The maximum absolute atomic E-state index is 12.0. The third-order valence-electron chi connectivity index (χ3n) is 4.11. The Morgan fingerprint density at radius 2 is 1.54 bits per heavy atom. The summed E-state index contributed by atoms with van der Waals surface area (Å²) in [6.45, 7) is 3.78. The van der Waals surface area contributed by atoms with Gasteiger partial charge in [-0.1, -0.05) is 68.4 Å². The van der Waals surface area contributed by atoms with Crippen LogP contribution in [0.4, 0.5) is 0 Å². The summed E-state index contributed by atoms with van der Waals surface area (Å²) in [5.41, 5.74) is 2.92. The fourth-order valence-corrected chi connectivity index (χ4v) is 2.72. The highest BCUT2D eigenvalue weighted by atomic mass is 16.4. The molecule has 0 aliphatic rings. The van der Waals surface area contributed by atoms with E-state index in [2.05, 4.69) is 5.32 Å². The van der Waals surface area contributed by atoms with Crippen molar-refractivity contribution in [2.45, 2.75) is 38.8 Å². The third kappa shape index (κ3) is 5.70. The van der Waals surface area contributed by atoms with Gasteiger partial charge in [-0.3, -0.25) is 4.79 Å². The average molecular weight is 355 g/mol. The molecule has 1 amide bonds. The minimum atomic E-state index is -1.20. The lowest BCUT2D eigenvalue weighted by Gasteiger charge is -2.18. The topological polar surface area (TPSA) is 86.6 Å². The van der Waals surface area contributed by atoms with Gasteiger partial charge >= 0.3 is 5.97 Å². The molecule has 0 radical (unpaired) electrons. The number of carbonyl (C=O) groups is 2. The SMILES string of the molecule is CC(C)C[C@H](O)C(=O)N[C@H](Cc1ccc(-c2ccccc2)cc1)C(=O)O. The summed E-state index contributed by atoms with van der Waals surface area (Å²) >= 11 is 0. The van der Waals surface area contributed by atoms with Gasteiger partial charge in [0.05, 0.1) is 0 Å². The van der Waals surface area contributed by atoms with Crippen molar-refractivity contribution < 1.29 is 19.8 Å². The Kier molecular flexibility index (Phi) is 6.92. The number of carbonyl (C=O) groups excluding carboxylic acids is 1. The number of nitrogens with one attached hydrogen (secondary N) is 1. The first kappa shape index (κ1) is 19.7. The third-order valence-corrected chi connectivity index (χ3v) is 4.11. The van der Waals surface area contributed by atoms with Gasteiger partial charge in [-0.15, -0.1) is 0 Å². The number of hydrogen-bond acceptors (Lipinski definition) is 3. The van der Waals surface area contributed by atoms with Gasteiger partial charge in [-0.2, -0.15) is 0 Å². The lowest BCUT2D eigenvalue weighted by Crippen LogP contribution is -2.46. The molecule has 0 aromatic heterocycles. The molecule has 26 heavy (non-hydrogen) atoms. The fraction of sp³-hybridized carbons (Fsp3) is 0.333. The summed E-state index contributed by atoms with van der Waals surface area (Å²) in [6.07, 6.45) is -0.744. The van der Waals surface area contributed by atoms with Crippen molar-refractivity contribution in [1.82, 2.24) is 5.32 Å². The van der Waals surface area contributed by atoms with Gasteiger partial charge in [0, 0.05) is 6.42 Å². The zero-order valence-corrected chi connectivity index (χ0v) is 15.1. The molecular formula is C21H25NO4. The van der Waals surface area contributed by atoms with E-state index in [1.165, 1.54) is 0 Å². The predicted octanol–water partition coefficient (Wildman–Crippen LogP) is 2.87. The Morgan fingerprint density at radius 3 is 2.08 bits per heavy atom. The van der Waals surface area contributed by atoms with Crippen LogP contribution in [-0.2, 0) is 16.0 Å². The highest BCUT2D eigenvalue weighted by Gasteiger charge is 2.24. The van der Waals surface area contributed by atoms with E-state index in [9.17, 15) is 19.8 Å². The van der Waals surface area contributed by atoms with Gasteiger partial charge in [-0.05, 0) is 29.0 Å². The number of benzene rings is 2. The molecule has 0 saturated carbocycles. The molecule has 2 aromatic carbocycles. The van der Waals surface area contributed by atoms with Gasteiger partial charge in [0.2, 0.25) is 5.91 Å². The van der Waals surface area contributed by atoms with Crippen molar-refractivity contribution in [3.63, 3.8) is 0 Å². The largest absolute Gasteiger partial charge is 0.480 e. The van der Waals surface area contributed by atoms with Crippen LogP contribution in [0.15, 0.2) is 54.6 Å². The molecular weight excluding hydrogens is 330 g/mol. The van der Waals surface area contributed by atoms with Crippen LogP contribution >= 0.6 is 0 Å². The normalized spacial score (nSPS) is 13.2. The summed E-state index contributed by atoms with van der Waals surface area (Å²) in [7, 11) is 0. The zero-order chi connectivity index (χ0) is 19.1. The zero-order valence-electron chi connectivity index (χ0n) is 15.1. The predicted molar refractivity (Wildman–Crippen MR) is 101 cm³/mol. The molecule has 0 saturated heterocycles.